The number of hydrogen-bond donors (Lipinski definition) is 1. The molecule has 0 bridgehead atoms. The largest absolute Gasteiger partial charge is 0.381 e. The van der Waals surface area contributed by atoms with Gasteiger partial charge in [-0.1, -0.05) is 0 Å². The molecule has 3 rings (SSSR count). The van der Waals surface area contributed by atoms with E-state index in [2.05, 4.69) is 17.1 Å². The van der Waals surface area contributed by atoms with Crippen molar-refractivity contribution < 1.29 is 14.2 Å². The molecule has 6 nitrogen and oxygen atoms in total. The molecule has 0 radical (unpaired) electrons. The molecule has 0 aromatic carbocycles. The molecule has 24 heavy (non-hydrogen) atoms. The van der Waals surface area contributed by atoms with Gasteiger partial charge in [-0.3, -0.25) is 4.99 Å². The van der Waals surface area contributed by atoms with E-state index in [1.807, 2.05) is 0 Å². The fourth-order valence-electron chi connectivity index (χ4n) is 3.83. The van der Waals surface area contributed by atoms with Crippen LogP contribution in [0, 0.1) is 11.3 Å². The third-order valence-electron chi connectivity index (χ3n) is 5.34. The molecule has 6 heteroatoms. The molecule has 0 aromatic rings. The minimum absolute atomic E-state index is 0.378. The first-order valence-electron chi connectivity index (χ1n) is 9.58. The fraction of sp³-hybridized carbons (Fsp3) is 0.944. The van der Waals surface area contributed by atoms with Crippen molar-refractivity contribution in [3.05, 3.63) is 0 Å². The zero-order chi connectivity index (χ0) is 16.7. The Kier molecular flexibility index (Phi) is 6.75. The van der Waals surface area contributed by atoms with Gasteiger partial charge < -0.3 is 24.4 Å². The highest BCUT2D eigenvalue weighted by atomic mass is 16.5. The SMILES string of the molecule is CCNC(=NCCCOCC1CCOC1)N1CCC2(CCOC2)C1. The summed E-state index contributed by atoms with van der Waals surface area (Å²) in [5, 5.41) is 3.44. The van der Waals surface area contributed by atoms with Gasteiger partial charge in [0.25, 0.3) is 0 Å². The number of hydrogen-bond acceptors (Lipinski definition) is 4. The molecule has 0 aliphatic carbocycles. The van der Waals surface area contributed by atoms with Gasteiger partial charge >= 0.3 is 0 Å². The van der Waals surface area contributed by atoms with Gasteiger partial charge in [-0.25, -0.2) is 0 Å². The van der Waals surface area contributed by atoms with Crippen LogP contribution in [-0.4, -0.2) is 76.7 Å². The second-order valence-electron chi connectivity index (χ2n) is 7.37. The monoisotopic (exact) mass is 339 g/mol. The zero-order valence-electron chi connectivity index (χ0n) is 15.1. The molecule has 3 aliphatic rings. The zero-order valence-corrected chi connectivity index (χ0v) is 15.1. The Morgan fingerprint density at radius 3 is 3.04 bits per heavy atom. The van der Waals surface area contributed by atoms with Crippen LogP contribution in [0.2, 0.25) is 0 Å². The third-order valence-corrected chi connectivity index (χ3v) is 5.34. The molecule has 3 saturated heterocycles. The van der Waals surface area contributed by atoms with E-state index in [4.69, 9.17) is 19.2 Å². The summed E-state index contributed by atoms with van der Waals surface area (Å²) in [4.78, 5) is 7.22. The summed E-state index contributed by atoms with van der Waals surface area (Å²) < 4.78 is 16.8. The Hall–Kier alpha value is -0.850. The maximum absolute atomic E-state index is 5.76. The second-order valence-corrected chi connectivity index (χ2v) is 7.37. The molecule has 0 saturated carbocycles. The molecular weight excluding hydrogens is 306 g/mol. The van der Waals surface area contributed by atoms with Crippen molar-refractivity contribution in [3.63, 3.8) is 0 Å². The van der Waals surface area contributed by atoms with Crippen LogP contribution in [0.3, 0.4) is 0 Å². The molecule has 0 amide bonds. The van der Waals surface area contributed by atoms with Crippen LogP contribution in [0.1, 0.15) is 32.6 Å². The number of nitrogens with zero attached hydrogens (tertiary/aromatic N) is 2. The predicted octanol–water partition coefficient (Wildman–Crippen LogP) is 1.51. The van der Waals surface area contributed by atoms with E-state index < -0.39 is 0 Å². The number of aliphatic imine (C=N–C) groups is 1. The van der Waals surface area contributed by atoms with Crippen LogP contribution in [0.15, 0.2) is 4.99 Å². The molecule has 3 fully saturated rings. The highest BCUT2D eigenvalue weighted by molar-refractivity contribution is 5.80. The minimum Gasteiger partial charge on any atom is -0.381 e. The highest BCUT2D eigenvalue weighted by Crippen LogP contribution is 2.38. The van der Waals surface area contributed by atoms with Gasteiger partial charge in [-0.2, -0.15) is 0 Å². The highest BCUT2D eigenvalue weighted by Gasteiger charge is 2.42. The first kappa shape index (κ1) is 18.0. The minimum atomic E-state index is 0.378. The number of ether oxygens (including phenoxy) is 3. The van der Waals surface area contributed by atoms with Gasteiger partial charge in [-0.05, 0) is 32.6 Å². The van der Waals surface area contributed by atoms with Crippen LogP contribution in [0.5, 0.6) is 0 Å². The smallest absolute Gasteiger partial charge is 0.193 e. The maximum Gasteiger partial charge on any atom is 0.193 e. The molecule has 0 aromatic heterocycles. The normalized spacial score (nSPS) is 30.6. The van der Waals surface area contributed by atoms with Crippen molar-refractivity contribution in [2.24, 2.45) is 16.3 Å². The van der Waals surface area contributed by atoms with Crippen molar-refractivity contribution in [3.8, 4) is 0 Å². The molecule has 3 aliphatic heterocycles. The Morgan fingerprint density at radius 1 is 1.33 bits per heavy atom. The Morgan fingerprint density at radius 2 is 2.29 bits per heavy atom. The maximum atomic E-state index is 5.76. The Labute approximate surface area is 145 Å². The molecule has 1 N–H and O–H groups in total. The van der Waals surface area contributed by atoms with Crippen molar-refractivity contribution in [2.75, 3.05) is 65.8 Å². The van der Waals surface area contributed by atoms with Crippen LogP contribution in [0.25, 0.3) is 0 Å². The first-order chi connectivity index (χ1) is 11.8. The fourth-order valence-corrected chi connectivity index (χ4v) is 3.83. The van der Waals surface area contributed by atoms with Crippen LogP contribution in [0.4, 0.5) is 0 Å². The molecule has 3 heterocycles. The summed E-state index contributed by atoms with van der Waals surface area (Å²) in [6, 6.07) is 0. The quantitative estimate of drug-likeness (QED) is 0.433. The average molecular weight is 339 g/mol. The summed E-state index contributed by atoms with van der Waals surface area (Å²) in [7, 11) is 0. The summed E-state index contributed by atoms with van der Waals surface area (Å²) in [5.41, 5.74) is 0.378. The van der Waals surface area contributed by atoms with Gasteiger partial charge in [0.15, 0.2) is 5.96 Å². The molecule has 2 atom stereocenters. The van der Waals surface area contributed by atoms with E-state index in [1.54, 1.807) is 0 Å². The van der Waals surface area contributed by atoms with Crippen molar-refractivity contribution in [1.82, 2.24) is 10.2 Å². The van der Waals surface area contributed by atoms with Gasteiger partial charge in [0, 0.05) is 57.3 Å². The molecular formula is C18H33N3O3. The summed E-state index contributed by atoms with van der Waals surface area (Å²) >= 11 is 0. The first-order valence-corrected chi connectivity index (χ1v) is 9.58. The van der Waals surface area contributed by atoms with E-state index in [1.165, 1.54) is 12.8 Å². The standard InChI is InChI=1S/C18H33N3O3/c1-2-19-17(21-8-5-18(14-21)6-11-24-15-18)20-7-3-9-22-12-16-4-10-23-13-16/h16H,2-15H2,1H3,(H,19,20). The van der Waals surface area contributed by atoms with Gasteiger partial charge in [0.2, 0.25) is 0 Å². The molecule has 138 valence electrons. The number of nitrogens with one attached hydrogen (secondary N) is 1. The third kappa shape index (κ3) is 4.83. The van der Waals surface area contributed by atoms with E-state index in [9.17, 15) is 0 Å². The van der Waals surface area contributed by atoms with Crippen LogP contribution in [-0.2, 0) is 14.2 Å². The summed E-state index contributed by atoms with van der Waals surface area (Å²) in [5.74, 6) is 1.66. The van der Waals surface area contributed by atoms with Crippen LogP contribution >= 0.6 is 0 Å². The molecule has 1 spiro atoms. The van der Waals surface area contributed by atoms with E-state index >= 15 is 0 Å². The Balaban J connectivity index is 1.37. The number of rotatable bonds is 7. The molecule has 2 unspecified atom stereocenters. The van der Waals surface area contributed by atoms with E-state index in [0.29, 0.717) is 11.3 Å². The van der Waals surface area contributed by atoms with E-state index in [-0.39, 0.29) is 0 Å². The lowest BCUT2D eigenvalue weighted by Crippen LogP contribution is -2.41. The number of likely N-dealkylation sites (tertiary alicyclic amines) is 1. The topological polar surface area (TPSA) is 55.3 Å². The lowest BCUT2D eigenvalue weighted by atomic mass is 9.87. The van der Waals surface area contributed by atoms with Crippen molar-refractivity contribution in [2.45, 2.75) is 32.6 Å². The summed E-state index contributed by atoms with van der Waals surface area (Å²) in [6.45, 7) is 11.3. The summed E-state index contributed by atoms with van der Waals surface area (Å²) in [6.07, 6.45) is 4.54. The lowest BCUT2D eigenvalue weighted by molar-refractivity contribution is 0.0893. The van der Waals surface area contributed by atoms with Crippen LogP contribution < -0.4 is 5.32 Å². The second kappa shape index (κ2) is 9.02. The van der Waals surface area contributed by atoms with Crippen molar-refractivity contribution in [1.29, 1.82) is 0 Å². The van der Waals surface area contributed by atoms with Gasteiger partial charge in [-0.15, -0.1) is 0 Å². The predicted molar refractivity (Wildman–Crippen MR) is 94.4 cm³/mol. The van der Waals surface area contributed by atoms with E-state index in [0.717, 1.165) is 84.6 Å². The van der Waals surface area contributed by atoms with Gasteiger partial charge in [0.05, 0.1) is 19.8 Å². The van der Waals surface area contributed by atoms with Gasteiger partial charge in [0.1, 0.15) is 0 Å². The Bertz CT molecular complexity index is 404. The lowest BCUT2D eigenvalue weighted by Gasteiger charge is -2.25. The average Bonchev–Trinajstić information content (AvgIpc) is 3.34. The number of guanidine groups is 1. The van der Waals surface area contributed by atoms with Crippen molar-refractivity contribution >= 4 is 5.96 Å².